The lowest BCUT2D eigenvalue weighted by atomic mass is 10.1. The van der Waals surface area contributed by atoms with Crippen molar-refractivity contribution in [2.45, 2.75) is 22.7 Å². The second kappa shape index (κ2) is 7.07. The molecule has 27 heavy (non-hydrogen) atoms. The third kappa shape index (κ3) is 3.63. The number of hydrogen-bond donors (Lipinski definition) is 2. The molecule has 0 aromatic carbocycles. The number of carbonyl (C=O) groups is 3. The van der Waals surface area contributed by atoms with Gasteiger partial charge in [0.25, 0.3) is 5.91 Å². The van der Waals surface area contributed by atoms with Gasteiger partial charge in [0.2, 0.25) is 11.7 Å². The fraction of sp³-hybridized carbons (Fsp3) is 0.462. The highest BCUT2D eigenvalue weighted by atomic mass is 32.2. The maximum atomic E-state index is 12.7. The van der Waals surface area contributed by atoms with Gasteiger partial charge in [0, 0.05) is 12.8 Å². The van der Waals surface area contributed by atoms with Crippen molar-refractivity contribution in [1.82, 2.24) is 25.0 Å². The molecule has 1 aromatic heterocycles. The Bertz CT molecular complexity index is 840. The predicted molar refractivity (Wildman–Crippen MR) is 87.5 cm³/mol. The average Bonchev–Trinajstić information content (AvgIpc) is 2.97. The van der Waals surface area contributed by atoms with Crippen LogP contribution in [0.3, 0.4) is 0 Å². The quantitative estimate of drug-likeness (QED) is 0.513. The Hall–Kier alpha value is -2.22. The molecule has 0 radical (unpaired) electrons. The van der Waals surface area contributed by atoms with Crippen LogP contribution < -0.4 is 5.32 Å². The molecule has 1 fully saturated rings. The number of alkyl halides is 3. The molecule has 3 rings (SSSR count). The zero-order valence-corrected chi connectivity index (χ0v) is 15.2. The Morgan fingerprint density at radius 2 is 2.15 bits per heavy atom. The molecule has 2 aliphatic heterocycles. The third-order valence-corrected chi connectivity index (χ3v) is 6.01. The van der Waals surface area contributed by atoms with Crippen molar-refractivity contribution < 1.29 is 32.7 Å². The number of hydrogen-bond acceptors (Lipinski definition) is 7. The van der Waals surface area contributed by atoms with Gasteiger partial charge in [-0.15, -0.1) is 22.0 Å². The highest BCUT2D eigenvalue weighted by Gasteiger charge is 2.52. The first-order valence-corrected chi connectivity index (χ1v) is 9.41. The average molecular weight is 423 g/mol. The van der Waals surface area contributed by atoms with E-state index in [9.17, 15) is 27.6 Å². The van der Waals surface area contributed by atoms with E-state index in [-0.39, 0.29) is 16.6 Å². The predicted octanol–water partition coefficient (Wildman–Crippen LogP) is 0.294. The lowest BCUT2D eigenvalue weighted by Crippen LogP contribution is -2.70. The number of rotatable bonds is 5. The Morgan fingerprint density at radius 1 is 1.44 bits per heavy atom. The van der Waals surface area contributed by atoms with Gasteiger partial charge >= 0.3 is 12.1 Å². The Kier molecular flexibility index (Phi) is 5.12. The first-order chi connectivity index (χ1) is 12.6. The summed E-state index contributed by atoms with van der Waals surface area (Å²) in [4.78, 5) is 36.4. The van der Waals surface area contributed by atoms with Crippen LogP contribution in [0.2, 0.25) is 0 Å². The molecule has 0 bridgehead atoms. The van der Waals surface area contributed by atoms with Crippen LogP contribution in [-0.4, -0.2) is 65.5 Å². The number of fused-ring (bicyclic) bond motifs is 1. The van der Waals surface area contributed by atoms with Crippen molar-refractivity contribution in [2.75, 3.05) is 11.5 Å². The zero-order chi connectivity index (χ0) is 19.9. The number of carbonyl (C=O) groups excluding carboxylic acids is 2. The standard InChI is InChI=1S/C13H12F3N5O4S2/c1-20-11(13(14,15)16)18-19-12(20)27-4-6(22)17-7-8(23)21-5(10(24)25)2-3-26-9(7)21/h2,7,9H,3-4H2,1H3,(H,17,22)(H,24,25). The van der Waals surface area contributed by atoms with Crippen LogP contribution in [0.1, 0.15) is 5.82 Å². The highest BCUT2D eigenvalue weighted by molar-refractivity contribution is 8.00. The summed E-state index contributed by atoms with van der Waals surface area (Å²) in [7, 11) is 1.13. The van der Waals surface area contributed by atoms with Gasteiger partial charge in [-0.25, -0.2) is 4.79 Å². The third-order valence-electron chi connectivity index (χ3n) is 3.80. The molecule has 1 aromatic rings. The molecule has 3 heterocycles. The van der Waals surface area contributed by atoms with E-state index in [1.807, 2.05) is 0 Å². The highest BCUT2D eigenvalue weighted by Crippen LogP contribution is 2.37. The molecule has 0 aliphatic carbocycles. The van der Waals surface area contributed by atoms with Crippen LogP contribution in [0.4, 0.5) is 13.2 Å². The first-order valence-electron chi connectivity index (χ1n) is 7.38. The van der Waals surface area contributed by atoms with Gasteiger partial charge in [0.15, 0.2) is 5.16 Å². The molecule has 9 nitrogen and oxygen atoms in total. The summed E-state index contributed by atoms with van der Waals surface area (Å²) >= 11 is 2.05. The molecule has 0 saturated carbocycles. The summed E-state index contributed by atoms with van der Waals surface area (Å²) in [6, 6.07) is -0.878. The minimum atomic E-state index is -4.65. The van der Waals surface area contributed by atoms with E-state index in [1.165, 1.54) is 17.8 Å². The maximum absolute atomic E-state index is 12.7. The van der Waals surface area contributed by atoms with Crippen LogP contribution >= 0.6 is 23.5 Å². The second-order valence-corrected chi connectivity index (χ2v) is 7.62. The van der Waals surface area contributed by atoms with Crippen LogP contribution in [0.25, 0.3) is 0 Å². The van der Waals surface area contributed by atoms with Gasteiger partial charge in [0.1, 0.15) is 17.1 Å². The van der Waals surface area contributed by atoms with Gasteiger partial charge < -0.3 is 15.0 Å². The lowest BCUT2D eigenvalue weighted by Gasteiger charge is -2.48. The number of nitrogens with one attached hydrogen (secondary N) is 1. The van der Waals surface area contributed by atoms with Gasteiger partial charge in [-0.05, 0) is 6.08 Å². The summed E-state index contributed by atoms with van der Waals surface area (Å²) in [5.74, 6) is -3.42. The van der Waals surface area contributed by atoms with Crippen LogP contribution in [-0.2, 0) is 27.6 Å². The van der Waals surface area contributed by atoms with E-state index in [4.69, 9.17) is 5.11 Å². The van der Waals surface area contributed by atoms with E-state index in [2.05, 4.69) is 15.5 Å². The molecule has 2 aliphatic rings. The number of nitrogens with zero attached hydrogens (tertiary/aromatic N) is 4. The van der Waals surface area contributed by atoms with Gasteiger partial charge in [-0.3, -0.25) is 14.5 Å². The summed E-state index contributed by atoms with van der Waals surface area (Å²) in [6.45, 7) is 0. The molecule has 2 N–H and O–H groups in total. The van der Waals surface area contributed by atoms with E-state index >= 15 is 0 Å². The molecule has 14 heteroatoms. The van der Waals surface area contributed by atoms with E-state index in [0.29, 0.717) is 5.75 Å². The molecular weight excluding hydrogens is 411 g/mol. The number of aliphatic carboxylic acids is 1. The summed E-state index contributed by atoms with van der Waals surface area (Å²) < 4.78 is 38.8. The van der Waals surface area contributed by atoms with Crippen LogP contribution in [0.15, 0.2) is 16.9 Å². The molecule has 2 unspecified atom stereocenters. The normalized spacial score (nSPS) is 22.0. The molecule has 146 valence electrons. The number of amides is 2. The Morgan fingerprint density at radius 3 is 2.74 bits per heavy atom. The van der Waals surface area contributed by atoms with Crippen molar-refractivity contribution >= 4 is 41.3 Å². The molecule has 2 amide bonds. The Labute approximate surface area is 158 Å². The zero-order valence-electron chi connectivity index (χ0n) is 13.6. The fourth-order valence-electron chi connectivity index (χ4n) is 2.57. The lowest BCUT2D eigenvalue weighted by molar-refractivity contribution is -0.150. The van der Waals surface area contributed by atoms with E-state index in [1.54, 1.807) is 0 Å². The van der Waals surface area contributed by atoms with Crippen LogP contribution in [0.5, 0.6) is 0 Å². The van der Waals surface area contributed by atoms with Gasteiger partial charge in [-0.2, -0.15) is 13.2 Å². The largest absolute Gasteiger partial charge is 0.477 e. The van der Waals surface area contributed by atoms with Crippen molar-refractivity contribution in [3.05, 3.63) is 17.6 Å². The Balaban J connectivity index is 1.57. The molecule has 0 spiro atoms. The number of carboxylic acid groups (broad SMARTS) is 1. The van der Waals surface area contributed by atoms with Crippen molar-refractivity contribution in [3.8, 4) is 0 Å². The second-order valence-electron chi connectivity index (χ2n) is 5.52. The minimum absolute atomic E-state index is 0.0952. The topological polar surface area (TPSA) is 117 Å². The van der Waals surface area contributed by atoms with E-state index < -0.39 is 41.2 Å². The number of thioether (sulfide) groups is 2. The summed E-state index contributed by atoms with van der Waals surface area (Å²) in [5, 5.41) is 17.4. The SMILES string of the molecule is Cn1c(SCC(=O)NC2C(=O)N3C(C(=O)O)=CCSC23)nnc1C(F)(F)F. The van der Waals surface area contributed by atoms with Crippen LogP contribution in [0, 0.1) is 0 Å². The monoisotopic (exact) mass is 423 g/mol. The number of halogens is 3. The van der Waals surface area contributed by atoms with E-state index in [0.717, 1.165) is 28.3 Å². The van der Waals surface area contributed by atoms with Crippen molar-refractivity contribution in [1.29, 1.82) is 0 Å². The smallest absolute Gasteiger partial charge is 0.451 e. The molecule has 1 saturated heterocycles. The number of aromatic nitrogens is 3. The number of β-lactam (4-membered cyclic amide) rings is 1. The molecular formula is C13H12F3N5O4S2. The molecule has 2 atom stereocenters. The fourth-order valence-corrected chi connectivity index (χ4v) is 4.49. The first kappa shape index (κ1) is 19.5. The van der Waals surface area contributed by atoms with Crippen molar-refractivity contribution in [2.24, 2.45) is 7.05 Å². The van der Waals surface area contributed by atoms with Gasteiger partial charge in [0.05, 0.1) is 5.75 Å². The van der Waals surface area contributed by atoms with Crippen molar-refractivity contribution in [3.63, 3.8) is 0 Å². The van der Waals surface area contributed by atoms with Gasteiger partial charge in [-0.1, -0.05) is 11.8 Å². The summed E-state index contributed by atoms with van der Waals surface area (Å²) in [5.41, 5.74) is -0.123. The summed E-state index contributed by atoms with van der Waals surface area (Å²) in [6.07, 6.45) is -3.24. The minimum Gasteiger partial charge on any atom is -0.477 e. The maximum Gasteiger partial charge on any atom is 0.451 e. The number of carboxylic acids is 1.